The van der Waals surface area contributed by atoms with E-state index in [9.17, 15) is 0 Å². The van der Waals surface area contributed by atoms with E-state index in [-0.39, 0.29) is 0 Å². The van der Waals surface area contributed by atoms with Gasteiger partial charge in [0.2, 0.25) is 0 Å². The summed E-state index contributed by atoms with van der Waals surface area (Å²) < 4.78 is 6.54. The summed E-state index contributed by atoms with van der Waals surface area (Å²) >= 11 is 0. The number of nitrogens with zero attached hydrogens (tertiary/aromatic N) is 1. The van der Waals surface area contributed by atoms with E-state index in [4.69, 9.17) is 4.42 Å². The number of fused-ring (bicyclic) bond motifs is 5. The number of furan rings is 1. The standard InChI is InChI=1S/C56H37NO/c1-2-11-38(12-3-1)40-23-28-49(29-24-40)57(50-30-25-41(26-31-50)43-17-10-18-44(33-43)47-22-21-39-13-4-5-14-42(39)34-47)54-20-9-8-19-51(54)48-27-32-52-53-35-45-15-6-7-16-46(45)36-56(53)58-55(52)37-48/h1-37H. The third-order valence-corrected chi connectivity index (χ3v) is 11.4. The number of rotatable bonds is 7. The predicted octanol–water partition coefficient (Wildman–Crippen LogP) is 16.0. The quantitative estimate of drug-likeness (QED) is 0.162. The summed E-state index contributed by atoms with van der Waals surface area (Å²) in [5.74, 6) is 0. The molecule has 58 heavy (non-hydrogen) atoms. The van der Waals surface area contributed by atoms with E-state index in [0.717, 1.165) is 50.1 Å². The molecule has 2 heteroatoms. The van der Waals surface area contributed by atoms with Gasteiger partial charge in [0.05, 0.1) is 5.69 Å². The third kappa shape index (κ3) is 6.09. The molecule has 0 aliphatic rings. The molecule has 0 saturated carbocycles. The van der Waals surface area contributed by atoms with E-state index in [1.54, 1.807) is 0 Å². The Morgan fingerprint density at radius 2 is 0.776 bits per heavy atom. The van der Waals surface area contributed by atoms with Crippen molar-refractivity contribution < 1.29 is 4.42 Å². The van der Waals surface area contributed by atoms with E-state index in [1.165, 1.54) is 54.9 Å². The molecule has 0 aliphatic carbocycles. The minimum atomic E-state index is 0.881. The summed E-state index contributed by atoms with van der Waals surface area (Å²) in [6, 6.07) is 80.7. The van der Waals surface area contributed by atoms with Crippen molar-refractivity contribution in [1.29, 1.82) is 0 Å². The van der Waals surface area contributed by atoms with Crippen molar-refractivity contribution >= 4 is 60.5 Å². The molecule has 1 aromatic heterocycles. The summed E-state index contributed by atoms with van der Waals surface area (Å²) in [5.41, 5.74) is 14.4. The largest absolute Gasteiger partial charge is 0.456 e. The minimum absolute atomic E-state index is 0.881. The second-order valence-corrected chi connectivity index (χ2v) is 15.0. The highest BCUT2D eigenvalue weighted by molar-refractivity contribution is 6.11. The zero-order valence-electron chi connectivity index (χ0n) is 31.7. The fourth-order valence-electron chi connectivity index (χ4n) is 8.45. The minimum Gasteiger partial charge on any atom is -0.456 e. The molecule has 0 fully saturated rings. The van der Waals surface area contributed by atoms with Gasteiger partial charge in [-0.15, -0.1) is 0 Å². The second-order valence-electron chi connectivity index (χ2n) is 15.0. The lowest BCUT2D eigenvalue weighted by Gasteiger charge is -2.28. The van der Waals surface area contributed by atoms with Crippen molar-refractivity contribution in [2.75, 3.05) is 4.90 Å². The predicted molar refractivity (Wildman–Crippen MR) is 245 cm³/mol. The maximum atomic E-state index is 6.54. The fourth-order valence-corrected chi connectivity index (χ4v) is 8.45. The summed E-state index contributed by atoms with van der Waals surface area (Å²) in [5, 5.41) is 7.15. The van der Waals surface area contributed by atoms with Crippen molar-refractivity contribution in [2.45, 2.75) is 0 Å². The van der Waals surface area contributed by atoms with Crippen LogP contribution in [0, 0.1) is 0 Å². The van der Waals surface area contributed by atoms with E-state index in [1.807, 2.05) is 0 Å². The van der Waals surface area contributed by atoms with Crippen molar-refractivity contribution in [3.8, 4) is 44.5 Å². The van der Waals surface area contributed by atoms with Gasteiger partial charge in [-0.25, -0.2) is 0 Å². The molecular formula is C56H37NO. The van der Waals surface area contributed by atoms with Gasteiger partial charge in [0.1, 0.15) is 11.2 Å². The van der Waals surface area contributed by atoms with Gasteiger partial charge in [-0.3, -0.25) is 0 Å². The van der Waals surface area contributed by atoms with Crippen LogP contribution in [0.25, 0.3) is 88.0 Å². The molecule has 0 unspecified atom stereocenters. The van der Waals surface area contributed by atoms with Gasteiger partial charge in [0.15, 0.2) is 0 Å². The maximum Gasteiger partial charge on any atom is 0.136 e. The lowest BCUT2D eigenvalue weighted by Crippen LogP contribution is -2.11. The molecule has 0 spiro atoms. The zero-order valence-corrected chi connectivity index (χ0v) is 31.7. The highest BCUT2D eigenvalue weighted by Crippen LogP contribution is 2.43. The van der Waals surface area contributed by atoms with E-state index < -0.39 is 0 Å². The van der Waals surface area contributed by atoms with Crippen LogP contribution in [0.1, 0.15) is 0 Å². The molecule has 1 heterocycles. The van der Waals surface area contributed by atoms with Gasteiger partial charge in [-0.2, -0.15) is 0 Å². The average Bonchev–Trinajstić information content (AvgIpc) is 3.65. The first-order valence-electron chi connectivity index (χ1n) is 19.8. The first-order chi connectivity index (χ1) is 28.7. The van der Waals surface area contributed by atoms with Crippen LogP contribution in [0.4, 0.5) is 17.1 Å². The SMILES string of the molecule is c1ccc(-c2ccc(N(c3ccc(-c4cccc(-c5ccc6ccccc6c5)c4)cc3)c3ccccc3-c3ccc4c(c3)oc3cc5ccccc5cc34)cc2)cc1. The fraction of sp³-hybridized carbons (Fsp3) is 0. The van der Waals surface area contributed by atoms with Crippen molar-refractivity contribution in [3.63, 3.8) is 0 Å². The lowest BCUT2D eigenvalue weighted by atomic mass is 9.97. The number of para-hydroxylation sites is 1. The monoisotopic (exact) mass is 739 g/mol. The molecule has 0 aliphatic heterocycles. The summed E-state index contributed by atoms with van der Waals surface area (Å²) in [4.78, 5) is 2.37. The smallest absolute Gasteiger partial charge is 0.136 e. The van der Waals surface area contributed by atoms with Crippen LogP contribution in [0.15, 0.2) is 229 Å². The van der Waals surface area contributed by atoms with Crippen LogP contribution < -0.4 is 4.90 Å². The van der Waals surface area contributed by atoms with E-state index in [2.05, 4.69) is 229 Å². The van der Waals surface area contributed by atoms with Crippen LogP contribution in [-0.4, -0.2) is 0 Å². The molecular weight excluding hydrogens is 703 g/mol. The van der Waals surface area contributed by atoms with Crippen LogP contribution in [0.5, 0.6) is 0 Å². The molecule has 10 aromatic carbocycles. The van der Waals surface area contributed by atoms with E-state index >= 15 is 0 Å². The second kappa shape index (κ2) is 14.1. The first kappa shape index (κ1) is 33.6. The number of benzene rings is 10. The molecule has 2 nitrogen and oxygen atoms in total. The van der Waals surface area contributed by atoms with Crippen molar-refractivity contribution in [3.05, 3.63) is 224 Å². The molecule has 0 N–H and O–H groups in total. The average molecular weight is 740 g/mol. The van der Waals surface area contributed by atoms with Crippen LogP contribution in [0.2, 0.25) is 0 Å². The number of anilines is 3. The van der Waals surface area contributed by atoms with Crippen molar-refractivity contribution in [1.82, 2.24) is 0 Å². The van der Waals surface area contributed by atoms with Gasteiger partial charge in [0.25, 0.3) is 0 Å². The molecule has 11 aromatic rings. The van der Waals surface area contributed by atoms with E-state index in [0.29, 0.717) is 0 Å². The summed E-state index contributed by atoms with van der Waals surface area (Å²) in [6.45, 7) is 0. The Labute approximate surface area is 337 Å². The Balaban J connectivity index is 1.00. The van der Waals surface area contributed by atoms with Crippen LogP contribution >= 0.6 is 0 Å². The Morgan fingerprint density at radius 3 is 1.52 bits per heavy atom. The normalized spacial score (nSPS) is 11.4. The molecule has 11 rings (SSSR count). The molecule has 0 bridgehead atoms. The third-order valence-electron chi connectivity index (χ3n) is 11.4. The lowest BCUT2D eigenvalue weighted by molar-refractivity contribution is 0.669. The topological polar surface area (TPSA) is 16.4 Å². The Kier molecular flexibility index (Phi) is 8.19. The Hall–Kier alpha value is -7.68. The van der Waals surface area contributed by atoms with Gasteiger partial charge in [-0.1, -0.05) is 158 Å². The molecule has 272 valence electrons. The van der Waals surface area contributed by atoms with Crippen LogP contribution in [0.3, 0.4) is 0 Å². The van der Waals surface area contributed by atoms with Crippen molar-refractivity contribution in [2.24, 2.45) is 0 Å². The molecule has 0 radical (unpaired) electrons. The van der Waals surface area contributed by atoms with Gasteiger partial charge >= 0.3 is 0 Å². The molecule has 0 atom stereocenters. The zero-order chi connectivity index (χ0) is 38.4. The Morgan fingerprint density at radius 1 is 0.276 bits per heavy atom. The summed E-state index contributed by atoms with van der Waals surface area (Å²) in [6.07, 6.45) is 0. The highest BCUT2D eigenvalue weighted by Gasteiger charge is 2.19. The van der Waals surface area contributed by atoms with Crippen LogP contribution in [-0.2, 0) is 0 Å². The van der Waals surface area contributed by atoms with Gasteiger partial charge in [-0.05, 0) is 127 Å². The van der Waals surface area contributed by atoms with Gasteiger partial charge in [0, 0.05) is 27.7 Å². The Bertz CT molecular complexity index is 3270. The molecule has 0 amide bonds. The summed E-state index contributed by atoms with van der Waals surface area (Å²) in [7, 11) is 0. The number of hydrogen-bond donors (Lipinski definition) is 0. The van der Waals surface area contributed by atoms with Gasteiger partial charge < -0.3 is 9.32 Å². The number of hydrogen-bond acceptors (Lipinski definition) is 2. The maximum absolute atomic E-state index is 6.54. The molecule has 0 saturated heterocycles. The highest BCUT2D eigenvalue weighted by atomic mass is 16.3. The first-order valence-corrected chi connectivity index (χ1v) is 19.8.